The lowest BCUT2D eigenvalue weighted by Crippen LogP contribution is -2.00. The van der Waals surface area contributed by atoms with Crippen LogP contribution in [0.15, 0.2) is 40.9 Å². The van der Waals surface area contributed by atoms with E-state index in [-0.39, 0.29) is 5.82 Å². The fraction of sp³-hybridized carbons (Fsp3) is 0.200. The lowest BCUT2D eigenvalue weighted by molar-refractivity contribution is 0.303. The Morgan fingerprint density at radius 2 is 1.78 bits per heavy atom. The molecular weight excluding hydrogens is 295 g/mol. The molecule has 2 rings (SSSR count). The number of halogens is 2. The Balaban J connectivity index is 2.16. The standard InChI is InChI=1S/C15H14BrFO/c1-10-4-3-5-11(2)15(10)9-18-14-7-12(16)6-13(17)8-14/h3-8H,9H2,1-2H3. The lowest BCUT2D eigenvalue weighted by atomic mass is 10.0. The monoisotopic (exact) mass is 308 g/mol. The van der Waals surface area contributed by atoms with Crippen LogP contribution in [0, 0.1) is 19.7 Å². The van der Waals surface area contributed by atoms with Gasteiger partial charge in [-0.1, -0.05) is 34.1 Å². The highest BCUT2D eigenvalue weighted by atomic mass is 79.9. The molecule has 0 aliphatic heterocycles. The van der Waals surface area contributed by atoms with Crippen molar-refractivity contribution >= 4 is 15.9 Å². The first-order chi connectivity index (χ1) is 8.56. The van der Waals surface area contributed by atoms with Gasteiger partial charge in [0.05, 0.1) is 0 Å². The largest absolute Gasteiger partial charge is 0.489 e. The molecule has 0 amide bonds. The molecule has 0 radical (unpaired) electrons. The van der Waals surface area contributed by atoms with E-state index >= 15 is 0 Å². The quantitative estimate of drug-likeness (QED) is 0.792. The third kappa shape index (κ3) is 3.10. The molecule has 18 heavy (non-hydrogen) atoms. The molecule has 0 fully saturated rings. The Morgan fingerprint density at radius 3 is 2.39 bits per heavy atom. The maximum atomic E-state index is 13.2. The van der Waals surface area contributed by atoms with E-state index < -0.39 is 0 Å². The maximum absolute atomic E-state index is 13.2. The number of hydrogen-bond acceptors (Lipinski definition) is 1. The summed E-state index contributed by atoms with van der Waals surface area (Å²) >= 11 is 3.25. The minimum atomic E-state index is -0.305. The Kier molecular flexibility index (Phi) is 4.02. The first-order valence-corrected chi connectivity index (χ1v) is 6.49. The first kappa shape index (κ1) is 13.1. The van der Waals surface area contributed by atoms with Gasteiger partial charge in [-0.15, -0.1) is 0 Å². The van der Waals surface area contributed by atoms with E-state index in [2.05, 4.69) is 15.9 Å². The van der Waals surface area contributed by atoms with Crippen LogP contribution in [0.3, 0.4) is 0 Å². The molecule has 3 heteroatoms. The van der Waals surface area contributed by atoms with Crippen molar-refractivity contribution in [1.29, 1.82) is 0 Å². The summed E-state index contributed by atoms with van der Waals surface area (Å²) in [6, 6.07) is 10.7. The Labute approximate surface area is 115 Å². The van der Waals surface area contributed by atoms with E-state index in [1.807, 2.05) is 32.0 Å². The molecule has 0 atom stereocenters. The van der Waals surface area contributed by atoms with Gasteiger partial charge in [0.25, 0.3) is 0 Å². The van der Waals surface area contributed by atoms with Crippen molar-refractivity contribution in [3.8, 4) is 5.75 Å². The number of aryl methyl sites for hydroxylation is 2. The van der Waals surface area contributed by atoms with Crippen LogP contribution >= 0.6 is 15.9 Å². The number of ether oxygens (including phenoxy) is 1. The van der Waals surface area contributed by atoms with Crippen molar-refractivity contribution in [1.82, 2.24) is 0 Å². The third-order valence-electron chi connectivity index (χ3n) is 2.86. The molecule has 0 heterocycles. The molecule has 0 aliphatic carbocycles. The van der Waals surface area contributed by atoms with Gasteiger partial charge in [0.15, 0.2) is 0 Å². The second-order valence-corrected chi connectivity index (χ2v) is 5.18. The zero-order valence-corrected chi connectivity index (χ0v) is 11.9. The molecular formula is C15H14BrFO. The SMILES string of the molecule is Cc1cccc(C)c1COc1cc(F)cc(Br)c1. The molecule has 0 N–H and O–H groups in total. The summed E-state index contributed by atoms with van der Waals surface area (Å²) in [6.45, 7) is 4.55. The van der Waals surface area contributed by atoms with E-state index in [9.17, 15) is 4.39 Å². The van der Waals surface area contributed by atoms with Gasteiger partial charge in [-0.05, 0) is 42.7 Å². The predicted octanol–water partition coefficient (Wildman–Crippen LogP) is 4.78. The second-order valence-electron chi connectivity index (χ2n) is 4.26. The lowest BCUT2D eigenvalue weighted by Gasteiger charge is -2.11. The van der Waals surface area contributed by atoms with E-state index in [0.717, 1.165) is 5.56 Å². The van der Waals surface area contributed by atoms with Crippen molar-refractivity contribution in [3.05, 3.63) is 63.4 Å². The average Bonchev–Trinajstić information content (AvgIpc) is 2.27. The molecule has 0 saturated heterocycles. The van der Waals surface area contributed by atoms with E-state index in [1.165, 1.54) is 23.3 Å². The van der Waals surface area contributed by atoms with Gasteiger partial charge in [0.1, 0.15) is 18.2 Å². The number of rotatable bonds is 3. The van der Waals surface area contributed by atoms with Gasteiger partial charge in [-0.25, -0.2) is 4.39 Å². The van der Waals surface area contributed by atoms with Gasteiger partial charge in [0.2, 0.25) is 0 Å². The maximum Gasteiger partial charge on any atom is 0.128 e. The minimum absolute atomic E-state index is 0.305. The van der Waals surface area contributed by atoms with Gasteiger partial charge >= 0.3 is 0 Å². The summed E-state index contributed by atoms with van der Waals surface area (Å²) < 4.78 is 19.5. The summed E-state index contributed by atoms with van der Waals surface area (Å²) in [5.74, 6) is 0.227. The molecule has 1 nitrogen and oxygen atoms in total. The fourth-order valence-corrected chi connectivity index (χ4v) is 2.29. The van der Waals surface area contributed by atoms with Crippen LogP contribution in [-0.2, 0) is 6.61 Å². The first-order valence-electron chi connectivity index (χ1n) is 5.70. The molecule has 2 aromatic carbocycles. The fourth-order valence-electron chi connectivity index (χ4n) is 1.84. The van der Waals surface area contributed by atoms with Gasteiger partial charge in [-0.2, -0.15) is 0 Å². The Morgan fingerprint density at radius 1 is 1.11 bits per heavy atom. The molecule has 0 aliphatic rings. The highest BCUT2D eigenvalue weighted by Crippen LogP contribution is 2.22. The molecule has 0 saturated carbocycles. The normalized spacial score (nSPS) is 10.4. The van der Waals surface area contributed by atoms with Gasteiger partial charge in [-0.3, -0.25) is 0 Å². The summed E-state index contributed by atoms with van der Waals surface area (Å²) in [5.41, 5.74) is 3.52. The van der Waals surface area contributed by atoms with Crippen LogP contribution in [0.25, 0.3) is 0 Å². The van der Waals surface area contributed by atoms with E-state index in [4.69, 9.17) is 4.74 Å². The summed E-state index contributed by atoms with van der Waals surface area (Å²) in [6.07, 6.45) is 0. The van der Waals surface area contributed by atoms with Crippen molar-refractivity contribution in [3.63, 3.8) is 0 Å². The van der Waals surface area contributed by atoms with Crippen LogP contribution in [0.4, 0.5) is 4.39 Å². The minimum Gasteiger partial charge on any atom is -0.489 e. The van der Waals surface area contributed by atoms with Crippen molar-refractivity contribution in [2.75, 3.05) is 0 Å². The van der Waals surface area contributed by atoms with Crippen molar-refractivity contribution < 1.29 is 9.13 Å². The molecule has 94 valence electrons. The molecule has 0 unspecified atom stereocenters. The number of hydrogen-bond donors (Lipinski definition) is 0. The van der Waals surface area contributed by atoms with Crippen molar-refractivity contribution in [2.24, 2.45) is 0 Å². The summed E-state index contributed by atoms with van der Waals surface area (Å²) in [7, 11) is 0. The summed E-state index contributed by atoms with van der Waals surface area (Å²) in [5, 5.41) is 0. The second kappa shape index (κ2) is 5.53. The number of benzene rings is 2. The van der Waals surface area contributed by atoms with Gasteiger partial charge < -0.3 is 4.74 Å². The zero-order chi connectivity index (χ0) is 13.1. The van der Waals surface area contributed by atoms with Crippen LogP contribution in [-0.4, -0.2) is 0 Å². The summed E-state index contributed by atoms with van der Waals surface area (Å²) in [4.78, 5) is 0. The van der Waals surface area contributed by atoms with Crippen LogP contribution in [0.1, 0.15) is 16.7 Å². The van der Waals surface area contributed by atoms with Gasteiger partial charge in [0, 0.05) is 10.5 Å². The molecule has 0 spiro atoms. The Hall–Kier alpha value is -1.35. The zero-order valence-electron chi connectivity index (χ0n) is 10.3. The van der Waals surface area contributed by atoms with Crippen molar-refractivity contribution in [2.45, 2.75) is 20.5 Å². The van der Waals surface area contributed by atoms with E-state index in [0.29, 0.717) is 16.8 Å². The smallest absolute Gasteiger partial charge is 0.128 e. The average molecular weight is 309 g/mol. The molecule has 0 bridgehead atoms. The predicted molar refractivity (Wildman–Crippen MR) is 74.3 cm³/mol. The highest BCUT2D eigenvalue weighted by molar-refractivity contribution is 9.10. The third-order valence-corrected chi connectivity index (χ3v) is 3.32. The molecule has 2 aromatic rings. The highest BCUT2D eigenvalue weighted by Gasteiger charge is 2.04. The van der Waals surface area contributed by atoms with E-state index in [1.54, 1.807) is 6.07 Å². The topological polar surface area (TPSA) is 9.23 Å². The van der Waals surface area contributed by atoms with Crippen LogP contribution < -0.4 is 4.74 Å². The van der Waals surface area contributed by atoms with Crippen LogP contribution in [0.5, 0.6) is 5.75 Å². The van der Waals surface area contributed by atoms with Crippen LogP contribution in [0.2, 0.25) is 0 Å². The Bertz CT molecular complexity index is 526. The molecule has 0 aromatic heterocycles.